The van der Waals surface area contributed by atoms with Gasteiger partial charge in [-0.15, -0.1) is 0 Å². The van der Waals surface area contributed by atoms with Crippen molar-refractivity contribution >= 4 is 51.6 Å². The molecule has 0 spiro atoms. The van der Waals surface area contributed by atoms with Crippen LogP contribution in [-0.2, 0) is 6.61 Å². The summed E-state index contributed by atoms with van der Waals surface area (Å²) in [5.41, 5.74) is 7.40. The number of fused-ring (bicyclic) bond motifs is 1. The van der Waals surface area contributed by atoms with E-state index in [-0.39, 0.29) is 11.5 Å². The molecule has 0 bridgehead atoms. The van der Waals surface area contributed by atoms with E-state index in [1.807, 2.05) is 72.8 Å². The Labute approximate surface area is 238 Å². The summed E-state index contributed by atoms with van der Waals surface area (Å²) < 4.78 is 6.77. The van der Waals surface area contributed by atoms with Crippen molar-refractivity contribution in [3.8, 4) is 17.0 Å². The first kappa shape index (κ1) is 26.1. The molecular weight excluding hydrogens is 605 g/mol. The predicted octanol–water partition coefficient (Wildman–Crippen LogP) is 6.55. The monoisotopic (exact) mass is 627 g/mol. The molecule has 5 rings (SSSR count). The van der Waals surface area contributed by atoms with Crippen LogP contribution in [-0.4, -0.2) is 28.2 Å². The molecule has 0 saturated carbocycles. The van der Waals surface area contributed by atoms with Crippen molar-refractivity contribution in [1.82, 2.24) is 10.4 Å². The minimum absolute atomic E-state index is 0.234. The molecule has 1 amide bonds. The molecule has 4 aromatic carbocycles. The third kappa shape index (κ3) is 6.29. The lowest BCUT2D eigenvalue weighted by atomic mass is 10.0. The standard InChI is InChI=1S/C31H22IN3O4/c32-26-16-21(12-15-29(26)39-19-20-10-13-23(14-11-20)31(37)38)18-33-35-30(36)25-17-28(22-6-2-1-3-7-22)34-27-9-5-4-8-24(25)27/h1-18H,19H2,(H,35,36)(H,37,38)/b33-18+. The third-order valence-electron chi connectivity index (χ3n) is 5.96. The van der Waals surface area contributed by atoms with Crippen LogP contribution in [0.4, 0.5) is 0 Å². The van der Waals surface area contributed by atoms with E-state index in [4.69, 9.17) is 14.8 Å². The highest BCUT2D eigenvalue weighted by atomic mass is 127. The number of hydrogen-bond acceptors (Lipinski definition) is 5. The molecule has 0 unspecified atom stereocenters. The first-order valence-corrected chi connectivity index (χ1v) is 13.1. The summed E-state index contributed by atoms with van der Waals surface area (Å²) in [6.07, 6.45) is 1.58. The van der Waals surface area contributed by atoms with Gasteiger partial charge < -0.3 is 9.84 Å². The van der Waals surface area contributed by atoms with Crippen LogP contribution in [0.25, 0.3) is 22.2 Å². The lowest BCUT2D eigenvalue weighted by molar-refractivity contribution is 0.0696. The maximum absolute atomic E-state index is 13.1. The van der Waals surface area contributed by atoms with Crippen LogP contribution < -0.4 is 10.2 Å². The number of ether oxygens (including phenoxy) is 1. The Balaban J connectivity index is 1.27. The Morgan fingerprint density at radius 1 is 0.923 bits per heavy atom. The quantitative estimate of drug-likeness (QED) is 0.116. The molecule has 0 radical (unpaired) electrons. The van der Waals surface area contributed by atoms with E-state index in [9.17, 15) is 9.59 Å². The maximum Gasteiger partial charge on any atom is 0.335 e. The Morgan fingerprint density at radius 3 is 2.41 bits per heavy atom. The van der Waals surface area contributed by atoms with Crippen molar-refractivity contribution in [1.29, 1.82) is 0 Å². The second kappa shape index (κ2) is 11.9. The molecule has 2 N–H and O–H groups in total. The molecule has 0 aliphatic heterocycles. The fraction of sp³-hybridized carbons (Fsp3) is 0.0323. The zero-order chi connectivity index (χ0) is 27.2. The van der Waals surface area contributed by atoms with Crippen LogP contribution in [0.1, 0.15) is 31.8 Å². The van der Waals surface area contributed by atoms with Gasteiger partial charge >= 0.3 is 5.97 Å². The maximum atomic E-state index is 13.1. The molecule has 5 aromatic rings. The van der Waals surface area contributed by atoms with Gasteiger partial charge in [0.25, 0.3) is 5.91 Å². The highest BCUT2D eigenvalue weighted by molar-refractivity contribution is 14.1. The highest BCUT2D eigenvalue weighted by Gasteiger charge is 2.13. The number of hydrogen-bond donors (Lipinski definition) is 2. The van der Waals surface area contributed by atoms with Gasteiger partial charge in [-0.3, -0.25) is 4.79 Å². The molecule has 0 atom stereocenters. The Hall–Kier alpha value is -4.57. The number of pyridine rings is 1. The summed E-state index contributed by atoms with van der Waals surface area (Å²) in [5.74, 6) is -0.599. The molecule has 0 aliphatic carbocycles. The van der Waals surface area contributed by atoms with E-state index < -0.39 is 5.97 Å². The number of nitrogens with zero attached hydrogens (tertiary/aromatic N) is 2. The first-order chi connectivity index (χ1) is 19.0. The minimum Gasteiger partial charge on any atom is -0.488 e. The van der Waals surface area contributed by atoms with Crippen molar-refractivity contribution in [3.05, 3.63) is 129 Å². The average molecular weight is 627 g/mol. The molecule has 7 nitrogen and oxygen atoms in total. The van der Waals surface area contributed by atoms with Gasteiger partial charge in [0, 0.05) is 10.9 Å². The number of carboxylic acid groups (broad SMARTS) is 1. The predicted molar refractivity (Wildman–Crippen MR) is 159 cm³/mol. The molecule has 192 valence electrons. The van der Waals surface area contributed by atoms with Gasteiger partial charge in [-0.05, 0) is 76.2 Å². The van der Waals surface area contributed by atoms with Crippen molar-refractivity contribution in [2.45, 2.75) is 6.61 Å². The number of carbonyl (C=O) groups is 2. The van der Waals surface area contributed by atoms with E-state index in [1.165, 1.54) is 0 Å². The van der Waals surface area contributed by atoms with Crippen molar-refractivity contribution in [2.24, 2.45) is 5.10 Å². The SMILES string of the molecule is O=C(O)c1ccc(COc2ccc(/C=N/NC(=O)c3cc(-c4ccccc4)nc4ccccc34)cc2I)cc1. The first-order valence-electron chi connectivity index (χ1n) is 12.0. The number of carbonyl (C=O) groups excluding carboxylic acids is 1. The van der Waals surface area contributed by atoms with E-state index in [0.29, 0.717) is 23.6 Å². The summed E-state index contributed by atoms with van der Waals surface area (Å²) in [5, 5.41) is 13.9. The molecule has 0 aliphatic rings. The molecule has 0 fully saturated rings. The molecule has 0 saturated heterocycles. The number of amides is 1. The third-order valence-corrected chi connectivity index (χ3v) is 6.80. The molecular formula is C31H22IN3O4. The van der Waals surface area contributed by atoms with Crippen LogP contribution in [0.15, 0.2) is 108 Å². The van der Waals surface area contributed by atoms with Crippen LogP contribution in [0.5, 0.6) is 5.75 Å². The largest absolute Gasteiger partial charge is 0.488 e. The van der Waals surface area contributed by atoms with Gasteiger partial charge in [0.05, 0.1) is 32.1 Å². The Bertz CT molecular complexity index is 1690. The summed E-state index contributed by atoms with van der Waals surface area (Å²) in [6, 6.07) is 31.2. The number of aromatic nitrogens is 1. The van der Waals surface area contributed by atoms with Crippen LogP contribution in [0, 0.1) is 3.57 Å². The van der Waals surface area contributed by atoms with E-state index >= 15 is 0 Å². The molecule has 39 heavy (non-hydrogen) atoms. The summed E-state index contributed by atoms with van der Waals surface area (Å²) in [6.45, 7) is 0.310. The van der Waals surface area contributed by atoms with Crippen molar-refractivity contribution in [2.75, 3.05) is 0 Å². The number of benzene rings is 4. The van der Waals surface area contributed by atoms with E-state index in [1.54, 1.807) is 36.5 Å². The van der Waals surface area contributed by atoms with Gasteiger partial charge in [-0.1, -0.05) is 60.7 Å². The van der Waals surface area contributed by atoms with E-state index in [0.717, 1.165) is 31.2 Å². The Kier molecular flexibility index (Phi) is 7.93. The number of nitrogens with one attached hydrogen (secondary N) is 1. The molecule has 8 heteroatoms. The average Bonchev–Trinajstić information content (AvgIpc) is 2.96. The number of hydrazone groups is 1. The number of rotatable bonds is 8. The minimum atomic E-state index is -0.962. The van der Waals surface area contributed by atoms with Crippen LogP contribution in [0.3, 0.4) is 0 Å². The number of para-hydroxylation sites is 1. The van der Waals surface area contributed by atoms with Gasteiger partial charge in [-0.2, -0.15) is 5.10 Å². The van der Waals surface area contributed by atoms with Gasteiger partial charge in [0.15, 0.2) is 0 Å². The summed E-state index contributed by atoms with van der Waals surface area (Å²) in [7, 11) is 0. The van der Waals surface area contributed by atoms with Crippen molar-refractivity contribution < 1.29 is 19.4 Å². The fourth-order valence-corrected chi connectivity index (χ4v) is 4.66. The van der Waals surface area contributed by atoms with Crippen LogP contribution >= 0.6 is 22.6 Å². The summed E-state index contributed by atoms with van der Waals surface area (Å²) >= 11 is 2.18. The second-order valence-electron chi connectivity index (χ2n) is 8.62. The Morgan fingerprint density at radius 2 is 1.67 bits per heavy atom. The van der Waals surface area contributed by atoms with E-state index in [2.05, 4.69) is 33.1 Å². The number of aromatic carboxylic acids is 1. The zero-order valence-corrected chi connectivity index (χ0v) is 22.7. The number of carboxylic acids is 1. The van der Waals surface area contributed by atoms with Gasteiger partial charge in [0.2, 0.25) is 0 Å². The van der Waals surface area contributed by atoms with Crippen molar-refractivity contribution in [3.63, 3.8) is 0 Å². The fourth-order valence-electron chi connectivity index (χ4n) is 3.96. The lowest BCUT2D eigenvalue weighted by Gasteiger charge is -2.10. The zero-order valence-electron chi connectivity index (χ0n) is 20.5. The van der Waals surface area contributed by atoms with Crippen LogP contribution in [0.2, 0.25) is 0 Å². The number of halogens is 1. The second-order valence-corrected chi connectivity index (χ2v) is 9.78. The molecule has 1 heterocycles. The smallest absolute Gasteiger partial charge is 0.335 e. The lowest BCUT2D eigenvalue weighted by Crippen LogP contribution is -2.18. The topological polar surface area (TPSA) is 101 Å². The van der Waals surface area contributed by atoms with Gasteiger partial charge in [0.1, 0.15) is 12.4 Å². The molecule has 1 aromatic heterocycles. The van der Waals surface area contributed by atoms with Gasteiger partial charge in [-0.25, -0.2) is 15.2 Å². The summed E-state index contributed by atoms with van der Waals surface area (Å²) in [4.78, 5) is 28.9. The highest BCUT2D eigenvalue weighted by Crippen LogP contribution is 2.25. The normalized spacial score (nSPS) is 11.0.